The summed E-state index contributed by atoms with van der Waals surface area (Å²) in [5, 5.41) is 8.85. The Morgan fingerprint density at radius 1 is 0.826 bits per heavy atom. The number of nitrogens with zero attached hydrogens (tertiary/aromatic N) is 2. The summed E-state index contributed by atoms with van der Waals surface area (Å²) in [4.78, 5) is 3.40. The van der Waals surface area contributed by atoms with Gasteiger partial charge in [0.05, 0.1) is 17.7 Å². The normalized spacial score (nSPS) is 17.6. The van der Waals surface area contributed by atoms with Crippen LogP contribution in [0.15, 0.2) is 18.2 Å². The van der Waals surface area contributed by atoms with Crippen molar-refractivity contribution >= 4 is 5.69 Å². The van der Waals surface area contributed by atoms with Gasteiger partial charge in [0.1, 0.15) is 0 Å². The second-order valence-corrected chi connectivity index (χ2v) is 5.32. The highest BCUT2D eigenvalue weighted by Gasteiger charge is 2.37. The molecule has 0 unspecified atom stereocenters. The van der Waals surface area contributed by atoms with Crippen LogP contribution in [0, 0.1) is 0 Å². The van der Waals surface area contributed by atoms with Crippen LogP contribution in [-0.4, -0.2) is 49.3 Å². The smallest absolute Gasteiger partial charge is 0.395 e. The highest BCUT2D eigenvalue weighted by molar-refractivity contribution is 5.53. The van der Waals surface area contributed by atoms with Gasteiger partial charge in [-0.2, -0.15) is 26.3 Å². The fourth-order valence-corrected chi connectivity index (χ4v) is 2.49. The maximum absolute atomic E-state index is 12.8. The Hall–Kier alpha value is -1.48. The lowest BCUT2D eigenvalue weighted by molar-refractivity contribution is -0.143. The Morgan fingerprint density at radius 3 is 1.70 bits per heavy atom. The SMILES string of the molecule is OCCN1CCN(c2cc(C(F)(F)F)cc(C(F)(F)F)c2)CC1. The fraction of sp³-hybridized carbons (Fsp3) is 0.571. The maximum atomic E-state index is 12.8. The second kappa shape index (κ2) is 6.56. The summed E-state index contributed by atoms with van der Waals surface area (Å²) < 4.78 is 77.1. The Kier molecular flexibility index (Phi) is 5.10. The van der Waals surface area contributed by atoms with E-state index in [1.54, 1.807) is 0 Å². The number of β-amino-alcohol motifs (C(OH)–C–C–N with tert-alkyl or cyclic N) is 1. The average Bonchev–Trinajstić information content (AvgIpc) is 2.46. The largest absolute Gasteiger partial charge is 0.416 e. The minimum absolute atomic E-state index is 0.0399. The molecule has 130 valence electrons. The molecule has 0 radical (unpaired) electrons. The van der Waals surface area contributed by atoms with Gasteiger partial charge in [-0.15, -0.1) is 0 Å². The summed E-state index contributed by atoms with van der Waals surface area (Å²) in [6.07, 6.45) is -9.68. The van der Waals surface area contributed by atoms with Gasteiger partial charge in [-0.1, -0.05) is 0 Å². The lowest BCUT2D eigenvalue weighted by atomic mass is 10.1. The zero-order chi connectivity index (χ0) is 17.3. The fourth-order valence-electron chi connectivity index (χ4n) is 2.49. The van der Waals surface area contributed by atoms with E-state index in [2.05, 4.69) is 0 Å². The van der Waals surface area contributed by atoms with Gasteiger partial charge >= 0.3 is 12.4 Å². The summed E-state index contributed by atoms with van der Waals surface area (Å²) in [6, 6.07) is 1.62. The van der Waals surface area contributed by atoms with Crippen molar-refractivity contribution in [2.24, 2.45) is 0 Å². The number of piperazine rings is 1. The zero-order valence-corrected chi connectivity index (χ0v) is 12.1. The van der Waals surface area contributed by atoms with Crippen LogP contribution in [0.5, 0.6) is 0 Å². The highest BCUT2D eigenvalue weighted by atomic mass is 19.4. The monoisotopic (exact) mass is 342 g/mol. The van der Waals surface area contributed by atoms with Crippen molar-refractivity contribution < 1.29 is 31.4 Å². The summed E-state index contributed by atoms with van der Waals surface area (Å²) in [5.41, 5.74) is -2.70. The van der Waals surface area contributed by atoms with Crippen molar-refractivity contribution in [2.75, 3.05) is 44.2 Å². The van der Waals surface area contributed by atoms with Crippen LogP contribution in [0.1, 0.15) is 11.1 Å². The number of aliphatic hydroxyl groups excluding tert-OH is 1. The van der Waals surface area contributed by atoms with Crippen LogP contribution in [0.25, 0.3) is 0 Å². The number of rotatable bonds is 3. The minimum Gasteiger partial charge on any atom is -0.395 e. The first-order valence-corrected chi connectivity index (χ1v) is 6.99. The molecule has 0 aromatic heterocycles. The van der Waals surface area contributed by atoms with Crippen molar-refractivity contribution in [2.45, 2.75) is 12.4 Å². The number of alkyl halides is 6. The Morgan fingerprint density at radius 2 is 1.30 bits per heavy atom. The molecule has 1 aliphatic rings. The molecular formula is C14H16F6N2O. The topological polar surface area (TPSA) is 26.7 Å². The third kappa shape index (κ3) is 4.51. The first-order chi connectivity index (χ1) is 10.6. The van der Waals surface area contributed by atoms with Gasteiger partial charge in [0.15, 0.2) is 0 Å². The van der Waals surface area contributed by atoms with E-state index in [1.165, 1.54) is 4.90 Å². The van der Waals surface area contributed by atoms with Crippen LogP contribution < -0.4 is 4.90 Å². The molecule has 9 heteroatoms. The van der Waals surface area contributed by atoms with E-state index in [1.807, 2.05) is 4.90 Å². The van der Waals surface area contributed by atoms with E-state index in [0.717, 1.165) is 12.1 Å². The van der Waals surface area contributed by atoms with Gasteiger partial charge in [0.25, 0.3) is 0 Å². The van der Waals surface area contributed by atoms with Crippen molar-refractivity contribution in [1.29, 1.82) is 0 Å². The van der Waals surface area contributed by atoms with Gasteiger partial charge < -0.3 is 10.0 Å². The minimum atomic E-state index is -4.84. The molecule has 0 amide bonds. The molecule has 0 aliphatic carbocycles. The van der Waals surface area contributed by atoms with Gasteiger partial charge in [0.2, 0.25) is 0 Å². The van der Waals surface area contributed by atoms with E-state index >= 15 is 0 Å². The van der Waals surface area contributed by atoms with Crippen LogP contribution >= 0.6 is 0 Å². The van der Waals surface area contributed by atoms with E-state index in [-0.39, 0.29) is 18.4 Å². The lowest BCUT2D eigenvalue weighted by Crippen LogP contribution is -2.47. The summed E-state index contributed by atoms with van der Waals surface area (Å²) >= 11 is 0. The standard InChI is InChI=1S/C14H16F6N2O/c15-13(16,17)10-7-11(14(18,19)20)9-12(8-10)22-3-1-21(2-4-22)5-6-23/h7-9,23H,1-6H2. The summed E-state index contributed by atoms with van der Waals surface area (Å²) in [5.74, 6) is 0. The average molecular weight is 342 g/mol. The van der Waals surface area contributed by atoms with E-state index in [0.29, 0.717) is 32.7 Å². The molecule has 2 rings (SSSR count). The summed E-state index contributed by atoms with van der Waals surface area (Å²) in [6.45, 7) is 1.94. The molecule has 1 aromatic carbocycles. The third-order valence-electron chi connectivity index (χ3n) is 3.73. The van der Waals surface area contributed by atoms with E-state index in [9.17, 15) is 26.3 Å². The molecule has 3 nitrogen and oxygen atoms in total. The Bertz CT molecular complexity index is 503. The molecule has 1 heterocycles. The Labute approximate surface area is 129 Å². The van der Waals surface area contributed by atoms with Crippen LogP contribution in [0.4, 0.5) is 32.0 Å². The number of aliphatic hydroxyl groups is 1. The molecule has 1 aliphatic heterocycles. The van der Waals surface area contributed by atoms with Crippen molar-refractivity contribution in [3.05, 3.63) is 29.3 Å². The zero-order valence-electron chi connectivity index (χ0n) is 12.1. The number of benzene rings is 1. The van der Waals surface area contributed by atoms with Gasteiger partial charge in [-0.25, -0.2) is 0 Å². The van der Waals surface area contributed by atoms with Crippen molar-refractivity contribution in [3.63, 3.8) is 0 Å². The molecule has 0 saturated carbocycles. The predicted octanol–water partition coefficient (Wildman–Crippen LogP) is 2.84. The molecule has 1 saturated heterocycles. The van der Waals surface area contributed by atoms with Crippen molar-refractivity contribution in [1.82, 2.24) is 4.90 Å². The summed E-state index contributed by atoms with van der Waals surface area (Å²) in [7, 11) is 0. The number of hydrogen-bond acceptors (Lipinski definition) is 3. The molecular weight excluding hydrogens is 326 g/mol. The molecule has 0 spiro atoms. The molecule has 23 heavy (non-hydrogen) atoms. The Balaban J connectivity index is 2.28. The molecule has 1 N–H and O–H groups in total. The lowest BCUT2D eigenvalue weighted by Gasteiger charge is -2.36. The second-order valence-electron chi connectivity index (χ2n) is 5.32. The van der Waals surface area contributed by atoms with Crippen LogP contribution in [0.2, 0.25) is 0 Å². The van der Waals surface area contributed by atoms with Crippen LogP contribution in [0.3, 0.4) is 0 Å². The van der Waals surface area contributed by atoms with Gasteiger partial charge in [-0.3, -0.25) is 4.90 Å². The molecule has 0 bridgehead atoms. The van der Waals surface area contributed by atoms with E-state index in [4.69, 9.17) is 5.11 Å². The molecule has 0 atom stereocenters. The quantitative estimate of drug-likeness (QED) is 0.856. The first-order valence-electron chi connectivity index (χ1n) is 6.99. The predicted molar refractivity (Wildman–Crippen MR) is 72.2 cm³/mol. The molecule has 1 aromatic rings. The number of anilines is 1. The third-order valence-corrected chi connectivity index (χ3v) is 3.73. The number of halogens is 6. The maximum Gasteiger partial charge on any atom is 0.416 e. The van der Waals surface area contributed by atoms with Crippen LogP contribution in [-0.2, 0) is 12.4 Å². The van der Waals surface area contributed by atoms with Gasteiger partial charge in [-0.05, 0) is 18.2 Å². The van der Waals surface area contributed by atoms with E-state index < -0.39 is 23.5 Å². The highest BCUT2D eigenvalue weighted by Crippen LogP contribution is 2.38. The number of hydrogen-bond donors (Lipinski definition) is 1. The first kappa shape index (κ1) is 17.9. The van der Waals surface area contributed by atoms with Crippen molar-refractivity contribution in [3.8, 4) is 0 Å². The van der Waals surface area contributed by atoms with Gasteiger partial charge in [0, 0.05) is 38.4 Å². The molecule has 1 fully saturated rings.